The molecule has 0 amide bonds. The van der Waals surface area contributed by atoms with Gasteiger partial charge in [-0.15, -0.1) is 0 Å². The molecule has 0 heterocycles. The Labute approximate surface area is 204 Å². The lowest BCUT2D eigenvalue weighted by molar-refractivity contribution is 0.132. The van der Waals surface area contributed by atoms with E-state index in [1.54, 1.807) is 21.3 Å². The number of benzene rings is 3. The van der Waals surface area contributed by atoms with Crippen LogP contribution in [0.1, 0.15) is 42.5 Å². The first kappa shape index (κ1) is 25.4. The summed E-state index contributed by atoms with van der Waals surface area (Å²) in [5, 5.41) is 0. The van der Waals surface area contributed by atoms with Crippen LogP contribution in [0.4, 0.5) is 0 Å². The van der Waals surface area contributed by atoms with Crippen LogP contribution < -0.4 is 14.2 Å². The number of rotatable bonds is 11. The van der Waals surface area contributed by atoms with Crippen LogP contribution >= 0.6 is 0 Å². The molecule has 0 aromatic heterocycles. The Hall–Kier alpha value is -3.24. The van der Waals surface area contributed by atoms with Crippen LogP contribution in [0.15, 0.2) is 66.7 Å². The third kappa shape index (κ3) is 5.81. The van der Waals surface area contributed by atoms with Gasteiger partial charge in [0.25, 0.3) is 0 Å². The monoisotopic (exact) mass is 459 g/mol. The number of nitrogens with zero attached hydrogens (tertiary/aromatic N) is 1. The van der Waals surface area contributed by atoms with Gasteiger partial charge in [0.15, 0.2) is 11.5 Å². The fourth-order valence-electron chi connectivity index (χ4n) is 4.27. The zero-order chi connectivity index (χ0) is 24.6. The van der Waals surface area contributed by atoms with Crippen LogP contribution in [0.2, 0.25) is 0 Å². The van der Waals surface area contributed by atoms with Gasteiger partial charge in [-0.3, -0.25) is 4.90 Å². The first-order chi connectivity index (χ1) is 16.4. The molecule has 180 valence electrons. The van der Waals surface area contributed by atoms with E-state index in [4.69, 9.17) is 14.2 Å². The summed E-state index contributed by atoms with van der Waals surface area (Å²) in [4.78, 5) is 2.44. The fraction of sp³-hybridized carbons (Fsp3) is 0.333. The van der Waals surface area contributed by atoms with E-state index in [1.807, 2.05) is 18.2 Å². The van der Waals surface area contributed by atoms with Gasteiger partial charge in [-0.2, -0.15) is 0 Å². The van der Waals surface area contributed by atoms with Gasteiger partial charge in [0.1, 0.15) is 5.75 Å². The van der Waals surface area contributed by atoms with Crippen molar-refractivity contribution >= 4 is 12.2 Å². The third-order valence-electron chi connectivity index (χ3n) is 6.81. The molecule has 1 atom stereocenters. The molecule has 3 aromatic carbocycles. The van der Waals surface area contributed by atoms with Gasteiger partial charge in [-0.1, -0.05) is 61.5 Å². The molecule has 1 unspecified atom stereocenters. The molecule has 3 rings (SSSR count). The zero-order valence-corrected chi connectivity index (χ0v) is 21.3. The van der Waals surface area contributed by atoms with Crippen molar-refractivity contribution < 1.29 is 14.2 Å². The van der Waals surface area contributed by atoms with Crippen LogP contribution in [0, 0.1) is 0 Å². The van der Waals surface area contributed by atoms with E-state index in [0.29, 0.717) is 0 Å². The zero-order valence-electron chi connectivity index (χ0n) is 21.3. The Morgan fingerprint density at radius 2 is 1.56 bits per heavy atom. The second-order valence-corrected chi connectivity index (χ2v) is 8.69. The normalized spacial score (nSPS) is 13.1. The van der Waals surface area contributed by atoms with Crippen LogP contribution in [-0.2, 0) is 12.0 Å². The van der Waals surface area contributed by atoms with E-state index in [0.717, 1.165) is 36.6 Å². The van der Waals surface area contributed by atoms with Gasteiger partial charge in [-0.25, -0.2) is 0 Å². The summed E-state index contributed by atoms with van der Waals surface area (Å²) in [7, 11) is 7.27. The van der Waals surface area contributed by atoms with Crippen LogP contribution in [0.3, 0.4) is 0 Å². The summed E-state index contributed by atoms with van der Waals surface area (Å²) in [6.45, 7) is 5.46. The van der Waals surface area contributed by atoms with Gasteiger partial charge in [0.2, 0.25) is 0 Å². The molecule has 0 saturated heterocycles. The molecular formula is C30H37NO3. The summed E-state index contributed by atoms with van der Waals surface area (Å²) in [5.74, 6) is 2.39. The lowest BCUT2D eigenvalue weighted by Gasteiger charge is -2.40. The van der Waals surface area contributed by atoms with Gasteiger partial charge < -0.3 is 14.2 Å². The lowest BCUT2D eigenvalue weighted by atomic mass is 9.83. The highest BCUT2D eigenvalue weighted by molar-refractivity contribution is 5.72. The molecule has 0 aliphatic heterocycles. The molecule has 0 bridgehead atoms. The largest absolute Gasteiger partial charge is 0.497 e. The van der Waals surface area contributed by atoms with Crippen molar-refractivity contribution in [1.82, 2.24) is 4.90 Å². The second-order valence-electron chi connectivity index (χ2n) is 8.69. The summed E-state index contributed by atoms with van der Waals surface area (Å²) in [6.07, 6.45) is 6.26. The lowest BCUT2D eigenvalue weighted by Crippen LogP contribution is -2.42. The van der Waals surface area contributed by atoms with Crippen LogP contribution in [0.5, 0.6) is 17.2 Å². The van der Waals surface area contributed by atoms with E-state index in [9.17, 15) is 0 Å². The topological polar surface area (TPSA) is 30.9 Å². The predicted molar refractivity (Wildman–Crippen MR) is 142 cm³/mol. The summed E-state index contributed by atoms with van der Waals surface area (Å²) >= 11 is 0. The molecule has 4 nitrogen and oxygen atoms in total. The van der Waals surface area contributed by atoms with E-state index in [-0.39, 0.29) is 5.54 Å². The van der Waals surface area contributed by atoms with Crippen molar-refractivity contribution in [3.05, 3.63) is 89.0 Å². The van der Waals surface area contributed by atoms with Crippen molar-refractivity contribution in [1.29, 1.82) is 0 Å². The van der Waals surface area contributed by atoms with Crippen molar-refractivity contribution in [2.45, 2.75) is 32.2 Å². The first-order valence-electron chi connectivity index (χ1n) is 11.8. The van der Waals surface area contributed by atoms with E-state index >= 15 is 0 Å². The number of hydrogen-bond acceptors (Lipinski definition) is 4. The highest BCUT2D eigenvalue weighted by atomic mass is 16.5. The van der Waals surface area contributed by atoms with E-state index < -0.39 is 0 Å². The number of methoxy groups -OCH3 is 3. The van der Waals surface area contributed by atoms with Gasteiger partial charge in [0, 0.05) is 12.1 Å². The average molecular weight is 460 g/mol. The number of likely N-dealkylation sites (N-methyl/N-ethyl adjacent to an activating group) is 1. The van der Waals surface area contributed by atoms with Gasteiger partial charge >= 0.3 is 0 Å². The molecule has 0 aliphatic rings. The van der Waals surface area contributed by atoms with Crippen LogP contribution in [0.25, 0.3) is 12.2 Å². The van der Waals surface area contributed by atoms with Gasteiger partial charge in [-0.05, 0) is 73.3 Å². The molecule has 0 aliphatic carbocycles. The second kappa shape index (κ2) is 11.8. The molecule has 0 saturated carbocycles. The highest BCUT2D eigenvalue weighted by Gasteiger charge is 2.31. The van der Waals surface area contributed by atoms with Crippen molar-refractivity contribution in [3.8, 4) is 17.2 Å². The highest BCUT2D eigenvalue weighted by Crippen LogP contribution is 2.36. The minimum absolute atomic E-state index is 0.165. The van der Waals surface area contributed by atoms with E-state index in [1.165, 1.54) is 22.3 Å². The molecule has 34 heavy (non-hydrogen) atoms. The van der Waals surface area contributed by atoms with Crippen LogP contribution in [-0.4, -0.2) is 39.8 Å². The Balaban J connectivity index is 1.88. The maximum Gasteiger partial charge on any atom is 0.160 e. The fourth-order valence-corrected chi connectivity index (χ4v) is 4.27. The van der Waals surface area contributed by atoms with Gasteiger partial charge in [0.05, 0.1) is 21.3 Å². The number of hydrogen-bond donors (Lipinski definition) is 0. The molecular weight excluding hydrogens is 422 g/mol. The van der Waals surface area contributed by atoms with Crippen molar-refractivity contribution in [2.24, 2.45) is 0 Å². The Bertz CT molecular complexity index is 1090. The van der Waals surface area contributed by atoms with Crippen molar-refractivity contribution in [3.63, 3.8) is 0 Å². The van der Waals surface area contributed by atoms with Crippen molar-refractivity contribution in [2.75, 3.05) is 34.9 Å². The molecule has 3 aromatic rings. The predicted octanol–water partition coefficient (Wildman–Crippen LogP) is 6.68. The smallest absolute Gasteiger partial charge is 0.160 e. The maximum absolute atomic E-state index is 5.60. The quantitative estimate of drug-likeness (QED) is 0.299. The minimum Gasteiger partial charge on any atom is -0.497 e. The van der Waals surface area contributed by atoms with E-state index in [2.05, 4.69) is 86.5 Å². The Morgan fingerprint density at radius 3 is 2.21 bits per heavy atom. The standard InChI is InChI=1S/C30H37NO3/c1-7-30(2,31(3)20-19-24-14-18-28(33-5)29(21-24)34-6)27-22-26(32-4)17-16-25(27)15-13-23-11-9-8-10-12-23/h8-18,21-22H,7,19-20H2,1-6H3. The molecule has 4 heteroatoms. The summed E-state index contributed by atoms with van der Waals surface area (Å²) < 4.78 is 16.5. The average Bonchev–Trinajstić information content (AvgIpc) is 2.90. The Morgan fingerprint density at radius 1 is 0.824 bits per heavy atom. The minimum atomic E-state index is -0.165. The molecule has 0 spiro atoms. The first-order valence-corrected chi connectivity index (χ1v) is 11.8. The molecule has 0 N–H and O–H groups in total. The third-order valence-corrected chi connectivity index (χ3v) is 6.81. The Kier molecular flexibility index (Phi) is 8.78. The number of ether oxygens (including phenoxy) is 3. The molecule has 0 radical (unpaired) electrons. The SMILES string of the molecule is CCC(C)(c1cc(OC)ccc1C=Cc1ccccc1)N(C)CCc1ccc(OC)c(OC)c1. The summed E-state index contributed by atoms with van der Waals surface area (Å²) in [5.41, 5.74) is 4.70. The molecule has 0 fully saturated rings. The maximum atomic E-state index is 5.60. The summed E-state index contributed by atoms with van der Waals surface area (Å²) in [6, 6.07) is 22.9.